The van der Waals surface area contributed by atoms with Gasteiger partial charge in [0.25, 0.3) is 0 Å². The lowest BCUT2D eigenvalue weighted by Crippen LogP contribution is -2.48. The maximum absolute atomic E-state index is 4.14. The second kappa shape index (κ2) is 2.47. The van der Waals surface area contributed by atoms with Crippen LogP contribution in [0.25, 0.3) is 0 Å². The first kappa shape index (κ1) is 8.50. The van der Waals surface area contributed by atoms with Gasteiger partial charge < -0.3 is 0 Å². The van der Waals surface area contributed by atoms with Gasteiger partial charge in [0.15, 0.2) is 0 Å². The molecule has 1 aliphatic heterocycles. The molecule has 0 amide bonds. The highest BCUT2D eigenvalue weighted by atomic mass is 15.6. The summed E-state index contributed by atoms with van der Waals surface area (Å²) in [6.45, 7) is 8.75. The second-order valence-electron chi connectivity index (χ2n) is 3.79. The Morgan fingerprint density at radius 2 is 2.00 bits per heavy atom. The number of rotatable bonds is 1. The third-order valence-corrected chi connectivity index (χ3v) is 3.07. The zero-order valence-electron chi connectivity index (χ0n) is 8.00. The van der Waals surface area contributed by atoms with Gasteiger partial charge in [0, 0.05) is 7.05 Å². The standard InChI is InChI=1S/C8H17N3/c1-6(2)8(4)7(3)9-10-11(8)5/h6-7H,1-5H3/t7?,8-/m0/s1. The first-order valence-electron chi connectivity index (χ1n) is 4.14. The maximum Gasteiger partial charge on any atom is 0.0949 e. The van der Waals surface area contributed by atoms with Crippen molar-refractivity contribution in [2.45, 2.75) is 39.3 Å². The van der Waals surface area contributed by atoms with Gasteiger partial charge in [0.05, 0.1) is 11.6 Å². The lowest BCUT2D eigenvalue weighted by molar-refractivity contribution is 0.105. The van der Waals surface area contributed by atoms with Crippen molar-refractivity contribution in [3.05, 3.63) is 0 Å². The lowest BCUT2D eigenvalue weighted by atomic mass is 9.82. The van der Waals surface area contributed by atoms with E-state index in [0.29, 0.717) is 12.0 Å². The monoisotopic (exact) mass is 155 g/mol. The molecule has 0 aliphatic carbocycles. The van der Waals surface area contributed by atoms with Gasteiger partial charge in [0.2, 0.25) is 0 Å². The topological polar surface area (TPSA) is 28.0 Å². The highest BCUT2D eigenvalue weighted by Crippen LogP contribution is 2.33. The summed E-state index contributed by atoms with van der Waals surface area (Å²) < 4.78 is 0. The third kappa shape index (κ3) is 1.03. The van der Waals surface area contributed by atoms with Crippen molar-refractivity contribution in [2.75, 3.05) is 7.05 Å². The van der Waals surface area contributed by atoms with Crippen molar-refractivity contribution >= 4 is 0 Å². The zero-order chi connectivity index (χ0) is 8.65. The molecule has 1 rings (SSSR count). The predicted molar refractivity (Wildman–Crippen MR) is 45.3 cm³/mol. The van der Waals surface area contributed by atoms with E-state index in [0.717, 1.165) is 0 Å². The molecule has 1 heterocycles. The van der Waals surface area contributed by atoms with Crippen LogP contribution in [0.2, 0.25) is 0 Å². The molecule has 0 fully saturated rings. The van der Waals surface area contributed by atoms with E-state index in [1.54, 1.807) is 0 Å². The highest BCUT2D eigenvalue weighted by molar-refractivity contribution is 4.97. The van der Waals surface area contributed by atoms with E-state index in [1.165, 1.54) is 0 Å². The summed E-state index contributed by atoms with van der Waals surface area (Å²) in [4.78, 5) is 0. The van der Waals surface area contributed by atoms with Crippen molar-refractivity contribution in [1.82, 2.24) is 5.01 Å². The molecule has 0 N–H and O–H groups in total. The number of hydrogen-bond acceptors (Lipinski definition) is 3. The van der Waals surface area contributed by atoms with Gasteiger partial charge in [-0.2, -0.15) is 5.11 Å². The molecule has 2 atom stereocenters. The van der Waals surface area contributed by atoms with Gasteiger partial charge in [0.1, 0.15) is 0 Å². The molecule has 0 aromatic rings. The minimum Gasteiger partial charge on any atom is -0.274 e. The van der Waals surface area contributed by atoms with E-state index in [4.69, 9.17) is 0 Å². The molecule has 3 nitrogen and oxygen atoms in total. The van der Waals surface area contributed by atoms with E-state index in [9.17, 15) is 0 Å². The third-order valence-electron chi connectivity index (χ3n) is 3.07. The Morgan fingerprint density at radius 3 is 2.18 bits per heavy atom. The fraction of sp³-hybridized carbons (Fsp3) is 1.00. The van der Waals surface area contributed by atoms with Crippen molar-refractivity contribution in [3.8, 4) is 0 Å². The summed E-state index contributed by atoms with van der Waals surface area (Å²) in [6, 6.07) is 0.312. The van der Waals surface area contributed by atoms with Gasteiger partial charge >= 0.3 is 0 Å². The molecule has 0 aromatic carbocycles. The van der Waals surface area contributed by atoms with Gasteiger partial charge in [-0.15, -0.1) is 0 Å². The van der Waals surface area contributed by atoms with E-state index in [-0.39, 0.29) is 5.54 Å². The Balaban J connectivity index is 2.85. The van der Waals surface area contributed by atoms with Crippen molar-refractivity contribution in [3.63, 3.8) is 0 Å². The minimum absolute atomic E-state index is 0.111. The highest BCUT2D eigenvalue weighted by Gasteiger charge is 2.42. The van der Waals surface area contributed by atoms with Crippen molar-refractivity contribution < 1.29 is 0 Å². The van der Waals surface area contributed by atoms with Crippen LogP contribution < -0.4 is 0 Å². The van der Waals surface area contributed by atoms with Crippen LogP contribution in [-0.4, -0.2) is 23.6 Å². The molecule has 0 aromatic heterocycles. The molecule has 11 heavy (non-hydrogen) atoms. The predicted octanol–water partition coefficient (Wildman–Crippen LogP) is 2.10. The quantitative estimate of drug-likeness (QED) is 0.570. The number of likely N-dealkylation sites (N-methyl/N-ethyl adjacent to an activating group) is 1. The van der Waals surface area contributed by atoms with Crippen molar-refractivity contribution in [1.29, 1.82) is 0 Å². The first-order chi connectivity index (χ1) is 4.99. The van der Waals surface area contributed by atoms with Gasteiger partial charge in [-0.05, 0) is 19.8 Å². The Morgan fingerprint density at radius 1 is 1.45 bits per heavy atom. The van der Waals surface area contributed by atoms with E-state index < -0.39 is 0 Å². The zero-order valence-corrected chi connectivity index (χ0v) is 8.00. The molecule has 0 spiro atoms. The second-order valence-corrected chi connectivity index (χ2v) is 3.79. The molecule has 3 heteroatoms. The average Bonchev–Trinajstić information content (AvgIpc) is 2.18. The molecule has 0 radical (unpaired) electrons. The molecule has 0 saturated carbocycles. The molecular formula is C8H17N3. The Bertz CT molecular complexity index is 162. The Labute approximate surface area is 68.5 Å². The summed E-state index contributed by atoms with van der Waals surface area (Å²) in [5, 5.41) is 10.2. The number of hydrogen-bond donors (Lipinski definition) is 0. The fourth-order valence-corrected chi connectivity index (χ4v) is 1.49. The van der Waals surface area contributed by atoms with Crippen LogP contribution in [0.4, 0.5) is 0 Å². The summed E-state index contributed by atoms with van der Waals surface area (Å²) >= 11 is 0. The number of nitrogens with zero attached hydrogens (tertiary/aromatic N) is 3. The largest absolute Gasteiger partial charge is 0.274 e. The smallest absolute Gasteiger partial charge is 0.0949 e. The van der Waals surface area contributed by atoms with Crippen LogP contribution in [0, 0.1) is 5.92 Å². The van der Waals surface area contributed by atoms with Crippen LogP contribution in [0.5, 0.6) is 0 Å². The molecular weight excluding hydrogens is 138 g/mol. The van der Waals surface area contributed by atoms with Crippen LogP contribution >= 0.6 is 0 Å². The van der Waals surface area contributed by atoms with Gasteiger partial charge in [-0.3, -0.25) is 5.01 Å². The van der Waals surface area contributed by atoms with Crippen LogP contribution in [0.1, 0.15) is 27.7 Å². The lowest BCUT2D eigenvalue weighted by Gasteiger charge is -2.36. The van der Waals surface area contributed by atoms with Crippen molar-refractivity contribution in [2.24, 2.45) is 16.3 Å². The first-order valence-corrected chi connectivity index (χ1v) is 4.14. The average molecular weight is 155 g/mol. The van der Waals surface area contributed by atoms with Gasteiger partial charge in [-0.1, -0.05) is 19.1 Å². The summed E-state index contributed by atoms with van der Waals surface area (Å²) in [5.74, 6) is 0.581. The van der Waals surface area contributed by atoms with E-state index in [2.05, 4.69) is 38.0 Å². The summed E-state index contributed by atoms with van der Waals surface area (Å²) in [5.41, 5.74) is 0.111. The van der Waals surface area contributed by atoms with E-state index in [1.807, 2.05) is 12.1 Å². The molecule has 64 valence electrons. The van der Waals surface area contributed by atoms with Crippen LogP contribution in [-0.2, 0) is 0 Å². The van der Waals surface area contributed by atoms with Gasteiger partial charge in [-0.25, -0.2) is 0 Å². The minimum atomic E-state index is 0.111. The Kier molecular flexibility index (Phi) is 1.90. The fourth-order valence-electron chi connectivity index (χ4n) is 1.49. The Hall–Kier alpha value is -0.600. The van der Waals surface area contributed by atoms with E-state index >= 15 is 0 Å². The normalized spacial score (nSPS) is 37.3. The van der Waals surface area contributed by atoms with Crippen LogP contribution in [0.3, 0.4) is 0 Å². The maximum atomic E-state index is 4.14. The molecule has 0 bridgehead atoms. The van der Waals surface area contributed by atoms with Crippen LogP contribution in [0.15, 0.2) is 10.3 Å². The molecule has 1 unspecified atom stereocenters. The molecule has 0 saturated heterocycles. The summed E-state index contributed by atoms with van der Waals surface area (Å²) in [7, 11) is 1.99. The molecule has 1 aliphatic rings. The SMILES string of the molecule is CC(C)[C@@]1(C)C(C)N=NN1C. The summed E-state index contributed by atoms with van der Waals surface area (Å²) in [6.07, 6.45) is 0.